The van der Waals surface area contributed by atoms with E-state index in [9.17, 15) is 0 Å². The summed E-state index contributed by atoms with van der Waals surface area (Å²) in [6, 6.07) is 4.48. The topological polar surface area (TPSA) is 42.2 Å². The van der Waals surface area contributed by atoms with E-state index in [1.807, 2.05) is 12.3 Å². The Bertz CT molecular complexity index is 360. The lowest BCUT2D eigenvalue weighted by Gasteiger charge is -2.33. The van der Waals surface area contributed by atoms with Crippen LogP contribution in [0.2, 0.25) is 0 Å². The molecule has 0 radical (unpaired) electrons. The van der Waals surface area contributed by atoms with E-state index in [4.69, 9.17) is 5.73 Å². The number of nitrogens with zero attached hydrogens (tertiary/aromatic N) is 2. The van der Waals surface area contributed by atoms with Crippen LogP contribution < -0.4 is 5.73 Å². The fourth-order valence-corrected chi connectivity index (χ4v) is 2.53. The maximum Gasteiger partial charge on any atom is 0.0573 e. The van der Waals surface area contributed by atoms with Crippen molar-refractivity contribution in [2.75, 3.05) is 13.1 Å². The summed E-state index contributed by atoms with van der Waals surface area (Å²) in [5.74, 6) is 0.705. The van der Waals surface area contributed by atoms with Crippen molar-refractivity contribution in [3.63, 3.8) is 0 Å². The second kappa shape index (κ2) is 7.07. The Hall–Kier alpha value is -0.640. The Morgan fingerprint density at radius 2 is 2.11 bits per heavy atom. The van der Waals surface area contributed by atoms with E-state index >= 15 is 0 Å². The minimum absolute atomic E-state index is 0. The first-order valence-electron chi connectivity index (χ1n) is 6.55. The van der Waals surface area contributed by atoms with Gasteiger partial charge in [0.2, 0.25) is 0 Å². The summed E-state index contributed by atoms with van der Waals surface area (Å²) < 4.78 is 0. The number of rotatable bonds is 3. The van der Waals surface area contributed by atoms with Gasteiger partial charge in [0.1, 0.15) is 0 Å². The smallest absolute Gasteiger partial charge is 0.0573 e. The summed E-state index contributed by atoms with van der Waals surface area (Å²) in [4.78, 5) is 6.95. The maximum atomic E-state index is 5.96. The van der Waals surface area contributed by atoms with Crippen LogP contribution in [0.3, 0.4) is 0 Å². The molecule has 0 aromatic carbocycles. The fourth-order valence-electron chi connectivity index (χ4n) is 2.53. The zero-order valence-corrected chi connectivity index (χ0v) is 12.1. The average molecular weight is 270 g/mol. The van der Waals surface area contributed by atoms with Gasteiger partial charge in [-0.05, 0) is 57.3 Å². The Kier molecular flexibility index (Phi) is 6.06. The quantitative estimate of drug-likeness (QED) is 0.916. The number of pyridine rings is 1. The van der Waals surface area contributed by atoms with Crippen molar-refractivity contribution in [2.24, 2.45) is 11.7 Å². The van der Waals surface area contributed by atoms with Crippen LogP contribution in [0.1, 0.15) is 31.0 Å². The lowest BCUT2D eigenvalue weighted by Crippen LogP contribution is -2.39. The fraction of sp³-hybridized carbons (Fsp3) is 0.643. The summed E-state index contributed by atoms with van der Waals surface area (Å²) in [6.45, 7) is 7.56. The number of nitrogens with two attached hydrogens (primary N) is 1. The van der Waals surface area contributed by atoms with Gasteiger partial charge in [-0.1, -0.05) is 6.07 Å². The molecule has 0 spiro atoms. The van der Waals surface area contributed by atoms with Crippen LogP contribution in [0.15, 0.2) is 18.3 Å². The Morgan fingerprint density at radius 1 is 1.44 bits per heavy atom. The molecule has 1 aromatic heterocycles. The summed E-state index contributed by atoms with van der Waals surface area (Å²) in [7, 11) is 0. The molecule has 1 saturated heterocycles. The number of aromatic nitrogens is 1. The predicted molar refractivity (Wildman–Crippen MR) is 77.9 cm³/mol. The molecule has 0 amide bonds. The molecule has 1 aromatic rings. The number of halogens is 1. The van der Waals surface area contributed by atoms with Crippen molar-refractivity contribution in [3.8, 4) is 0 Å². The van der Waals surface area contributed by atoms with Crippen LogP contribution in [0.4, 0.5) is 0 Å². The van der Waals surface area contributed by atoms with E-state index in [2.05, 4.69) is 29.8 Å². The van der Waals surface area contributed by atoms with Gasteiger partial charge in [0, 0.05) is 18.8 Å². The Morgan fingerprint density at radius 3 is 2.67 bits per heavy atom. The molecule has 1 fully saturated rings. The molecule has 2 heterocycles. The molecule has 0 saturated carbocycles. The SMILES string of the molecule is Cc1cccnc1CN1CCC(C(C)N)CC1.Cl. The number of likely N-dealkylation sites (tertiary alicyclic amines) is 1. The highest BCUT2D eigenvalue weighted by Gasteiger charge is 2.22. The van der Waals surface area contributed by atoms with Gasteiger partial charge in [0.15, 0.2) is 0 Å². The van der Waals surface area contributed by atoms with E-state index in [-0.39, 0.29) is 12.4 Å². The van der Waals surface area contributed by atoms with Crippen LogP contribution in [0.25, 0.3) is 0 Å². The molecule has 0 bridgehead atoms. The van der Waals surface area contributed by atoms with Crippen LogP contribution in [-0.4, -0.2) is 29.0 Å². The van der Waals surface area contributed by atoms with E-state index < -0.39 is 0 Å². The molecule has 1 aliphatic heterocycles. The zero-order valence-electron chi connectivity index (χ0n) is 11.3. The highest BCUT2D eigenvalue weighted by Crippen LogP contribution is 2.21. The van der Waals surface area contributed by atoms with Gasteiger partial charge in [-0.2, -0.15) is 0 Å². The zero-order chi connectivity index (χ0) is 12.3. The minimum Gasteiger partial charge on any atom is -0.328 e. The molecule has 1 aliphatic rings. The lowest BCUT2D eigenvalue weighted by atomic mass is 9.91. The first kappa shape index (κ1) is 15.4. The third-order valence-electron chi connectivity index (χ3n) is 3.87. The molecular formula is C14H24ClN3. The van der Waals surface area contributed by atoms with Crippen molar-refractivity contribution >= 4 is 12.4 Å². The molecule has 3 nitrogen and oxygen atoms in total. The number of aryl methyl sites for hydroxylation is 1. The van der Waals surface area contributed by atoms with Gasteiger partial charge in [-0.15, -0.1) is 12.4 Å². The van der Waals surface area contributed by atoms with Crippen LogP contribution >= 0.6 is 12.4 Å². The second-order valence-corrected chi connectivity index (χ2v) is 5.24. The Labute approximate surface area is 116 Å². The molecule has 2 N–H and O–H groups in total. The molecule has 2 rings (SSSR count). The van der Waals surface area contributed by atoms with E-state index in [1.54, 1.807) is 0 Å². The third-order valence-corrected chi connectivity index (χ3v) is 3.87. The maximum absolute atomic E-state index is 5.96. The van der Waals surface area contributed by atoms with Crippen molar-refractivity contribution in [2.45, 2.75) is 39.3 Å². The predicted octanol–water partition coefficient (Wildman–Crippen LogP) is 2.37. The van der Waals surface area contributed by atoms with Crippen LogP contribution in [-0.2, 0) is 6.54 Å². The third kappa shape index (κ3) is 3.94. The van der Waals surface area contributed by atoms with Crippen LogP contribution in [0.5, 0.6) is 0 Å². The first-order chi connectivity index (χ1) is 8.16. The molecule has 4 heteroatoms. The standard InChI is InChI=1S/C14H23N3.ClH/c1-11-4-3-7-16-14(11)10-17-8-5-13(6-9-17)12(2)15;/h3-4,7,12-13H,5-6,8-10,15H2,1-2H3;1H. The summed E-state index contributed by atoms with van der Waals surface area (Å²) in [6.07, 6.45) is 4.34. The largest absolute Gasteiger partial charge is 0.328 e. The number of hydrogen-bond acceptors (Lipinski definition) is 3. The monoisotopic (exact) mass is 269 g/mol. The van der Waals surface area contributed by atoms with Gasteiger partial charge < -0.3 is 5.73 Å². The molecule has 102 valence electrons. The molecule has 18 heavy (non-hydrogen) atoms. The number of piperidine rings is 1. The highest BCUT2D eigenvalue weighted by atomic mass is 35.5. The molecular weight excluding hydrogens is 246 g/mol. The molecule has 1 atom stereocenters. The number of hydrogen-bond donors (Lipinski definition) is 1. The van der Waals surface area contributed by atoms with Crippen molar-refractivity contribution in [1.82, 2.24) is 9.88 Å². The summed E-state index contributed by atoms with van der Waals surface area (Å²) in [5, 5.41) is 0. The average Bonchev–Trinajstić information content (AvgIpc) is 2.33. The van der Waals surface area contributed by atoms with Crippen molar-refractivity contribution in [3.05, 3.63) is 29.6 Å². The molecule has 1 unspecified atom stereocenters. The van der Waals surface area contributed by atoms with Gasteiger partial charge in [0.25, 0.3) is 0 Å². The van der Waals surface area contributed by atoms with Gasteiger partial charge in [-0.25, -0.2) is 0 Å². The summed E-state index contributed by atoms with van der Waals surface area (Å²) in [5.41, 5.74) is 8.47. The lowest BCUT2D eigenvalue weighted by molar-refractivity contribution is 0.164. The van der Waals surface area contributed by atoms with Crippen LogP contribution in [0, 0.1) is 12.8 Å². The normalized spacial score (nSPS) is 19.3. The van der Waals surface area contributed by atoms with Gasteiger partial charge in [0.05, 0.1) is 5.69 Å². The van der Waals surface area contributed by atoms with E-state index in [0.29, 0.717) is 12.0 Å². The van der Waals surface area contributed by atoms with Gasteiger partial charge in [-0.3, -0.25) is 9.88 Å². The summed E-state index contributed by atoms with van der Waals surface area (Å²) >= 11 is 0. The van der Waals surface area contributed by atoms with Gasteiger partial charge >= 0.3 is 0 Å². The highest BCUT2D eigenvalue weighted by molar-refractivity contribution is 5.85. The first-order valence-corrected chi connectivity index (χ1v) is 6.55. The van der Waals surface area contributed by atoms with Crippen molar-refractivity contribution < 1.29 is 0 Å². The van der Waals surface area contributed by atoms with E-state index in [0.717, 1.165) is 19.6 Å². The van der Waals surface area contributed by atoms with Crippen molar-refractivity contribution in [1.29, 1.82) is 0 Å². The second-order valence-electron chi connectivity index (χ2n) is 5.24. The molecule has 0 aliphatic carbocycles. The Balaban J connectivity index is 0.00000162. The van der Waals surface area contributed by atoms with E-state index in [1.165, 1.54) is 24.1 Å². The minimum atomic E-state index is 0.